The molecule has 0 aliphatic carbocycles. The predicted octanol–water partition coefficient (Wildman–Crippen LogP) is 2.90. The summed E-state index contributed by atoms with van der Waals surface area (Å²) in [4.78, 5) is 28.5. The lowest BCUT2D eigenvalue weighted by atomic mass is 9.95. The second kappa shape index (κ2) is 8.27. The van der Waals surface area contributed by atoms with Crippen molar-refractivity contribution < 1.29 is 27.2 Å². The van der Waals surface area contributed by atoms with Crippen molar-refractivity contribution in [1.29, 1.82) is 0 Å². The normalized spacial score (nSPS) is 17.9. The third kappa shape index (κ3) is 4.26. The third-order valence-electron chi connectivity index (χ3n) is 5.74. The number of rotatable bonds is 3. The largest absolute Gasteiger partial charge is 0.435 e. The maximum absolute atomic E-state index is 13.8. The number of likely N-dealkylation sites (tertiary alicyclic amines) is 2. The summed E-state index contributed by atoms with van der Waals surface area (Å²) in [5.41, 5.74) is -2.37. The van der Waals surface area contributed by atoms with Gasteiger partial charge in [0.1, 0.15) is 5.82 Å². The van der Waals surface area contributed by atoms with Crippen LogP contribution in [0.25, 0.3) is 5.69 Å². The number of carbonyl (C=O) groups is 2. The standard InChI is InChI=1S/C20H21F4N5O2/c21-14-4-3-5-15(12-14)29-17(20(22,23)24)16(25-26-29)19(31)28-10-6-13(7-11-28)18(30)27-8-1-2-9-27/h3-5,12-13H,1-2,6-11H2. The monoisotopic (exact) mass is 439 g/mol. The van der Waals surface area contributed by atoms with Crippen molar-refractivity contribution >= 4 is 11.8 Å². The van der Waals surface area contributed by atoms with Crippen LogP contribution in [0.1, 0.15) is 41.9 Å². The average molecular weight is 439 g/mol. The van der Waals surface area contributed by atoms with E-state index >= 15 is 0 Å². The molecule has 2 aliphatic rings. The molecule has 0 spiro atoms. The fourth-order valence-corrected chi connectivity index (χ4v) is 4.14. The Labute approximate surface area is 175 Å². The number of aromatic nitrogens is 3. The molecule has 2 amide bonds. The molecule has 0 atom stereocenters. The quantitative estimate of drug-likeness (QED) is 0.690. The van der Waals surface area contributed by atoms with E-state index in [0.29, 0.717) is 17.5 Å². The molecule has 3 heterocycles. The molecule has 1 aromatic carbocycles. The highest BCUT2D eigenvalue weighted by Crippen LogP contribution is 2.34. The van der Waals surface area contributed by atoms with Gasteiger partial charge in [-0.05, 0) is 43.9 Å². The van der Waals surface area contributed by atoms with E-state index in [1.807, 2.05) is 4.90 Å². The minimum absolute atomic E-state index is 0.0534. The molecule has 0 N–H and O–H groups in total. The van der Waals surface area contributed by atoms with Crippen LogP contribution in [0.15, 0.2) is 24.3 Å². The average Bonchev–Trinajstić information content (AvgIpc) is 3.43. The number of nitrogens with zero attached hydrogens (tertiary/aromatic N) is 5. The number of benzene rings is 1. The number of halogens is 4. The molecular weight excluding hydrogens is 418 g/mol. The zero-order valence-electron chi connectivity index (χ0n) is 16.6. The highest BCUT2D eigenvalue weighted by atomic mass is 19.4. The minimum atomic E-state index is -4.93. The van der Waals surface area contributed by atoms with Gasteiger partial charge in [0.05, 0.1) is 5.69 Å². The Kier molecular flexibility index (Phi) is 5.67. The molecule has 2 aromatic rings. The SMILES string of the molecule is O=C(c1nnn(-c2cccc(F)c2)c1C(F)(F)F)N1CCC(C(=O)N2CCCC2)CC1. The van der Waals surface area contributed by atoms with Crippen LogP contribution in [0.3, 0.4) is 0 Å². The van der Waals surface area contributed by atoms with Crippen LogP contribution >= 0.6 is 0 Å². The Morgan fingerprint density at radius 3 is 2.29 bits per heavy atom. The maximum atomic E-state index is 13.8. The van der Waals surface area contributed by atoms with E-state index in [1.165, 1.54) is 17.0 Å². The summed E-state index contributed by atoms with van der Waals surface area (Å²) in [6, 6.07) is 4.47. The van der Waals surface area contributed by atoms with Gasteiger partial charge >= 0.3 is 6.18 Å². The van der Waals surface area contributed by atoms with Gasteiger partial charge in [-0.3, -0.25) is 9.59 Å². The molecule has 2 aliphatic heterocycles. The molecule has 0 saturated carbocycles. The number of amides is 2. The van der Waals surface area contributed by atoms with Crippen molar-refractivity contribution in [3.63, 3.8) is 0 Å². The van der Waals surface area contributed by atoms with E-state index in [0.717, 1.165) is 38.1 Å². The molecule has 4 rings (SSSR count). The lowest BCUT2D eigenvalue weighted by molar-refractivity contribution is -0.143. The molecule has 31 heavy (non-hydrogen) atoms. The third-order valence-corrected chi connectivity index (χ3v) is 5.74. The Morgan fingerprint density at radius 2 is 1.68 bits per heavy atom. The molecule has 0 bridgehead atoms. The van der Waals surface area contributed by atoms with Crippen molar-refractivity contribution in [3.05, 3.63) is 41.5 Å². The van der Waals surface area contributed by atoms with Gasteiger partial charge in [0.15, 0.2) is 11.4 Å². The van der Waals surface area contributed by atoms with Crippen molar-refractivity contribution in [3.8, 4) is 5.69 Å². The molecule has 166 valence electrons. The summed E-state index contributed by atoms with van der Waals surface area (Å²) >= 11 is 0. The van der Waals surface area contributed by atoms with E-state index in [9.17, 15) is 27.2 Å². The fraction of sp³-hybridized carbons (Fsp3) is 0.500. The van der Waals surface area contributed by atoms with Crippen LogP contribution in [0.5, 0.6) is 0 Å². The van der Waals surface area contributed by atoms with Crippen LogP contribution in [0, 0.1) is 11.7 Å². The smallest absolute Gasteiger partial charge is 0.342 e. The van der Waals surface area contributed by atoms with E-state index in [1.54, 1.807) is 0 Å². The summed E-state index contributed by atoms with van der Waals surface area (Å²) in [6.07, 6.45) is -2.19. The van der Waals surface area contributed by atoms with Gasteiger partial charge in [-0.1, -0.05) is 11.3 Å². The first-order valence-electron chi connectivity index (χ1n) is 10.1. The van der Waals surface area contributed by atoms with E-state index in [4.69, 9.17) is 0 Å². The predicted molar refractivity (Wildman–Crippen MR) is 101 cm³/mol. The van der Waals surface area contributed by atoms with Gasteiger partial charge < -0.3 is 9.80 Å². The van der Waals surface area contributed by atoms with Crippen LogP contribution in [0.4, 0.5) is 17.6 Å². The van der Waals surface area contributed by atoms with Crippen molar-refractivity contribution in [2.75, 3.05) is 26.2 Å². The molecule has 7 nitrogen and oxygen atoms in total. The summed E-state index contributed by atoms with van der Waals surface area (Å²) in [5.74, 6) is -1.81. The van der Waals surface area contributed by atoms with Gasteiger partial charge in [-0.25, -0.2) is 9.07 Å². The summed E-state index contributed by atoms with van der Waals surface area (Å²) in [6.45, 7) is 1.78. The lowest BCUT2D eigenvalue weighted by Gasteiger charge is -2.33. The summed E-state index contributed by atoms with van der Waals surface area (Å²) in [7, 11) is 0. The molecule has 1 aromatic heterocycles. The summed E-state index contributed by atoms with van der Waals surface area (Å²) < 4.78 is 55.3. The molecule has 2 saturated heterocycles. The number of carbonyl (C=O) groups excluding carboxylic acids is 2. The molecule has 11 heteroatoms. The number of alkyl halides is 3. The first-order chi connectivity index (χ1) is 14.8. The second-order valence-electron chi connectivity index (χ2n) is 7.77. The van der Waals surface area contributed by atoms with Gasteiger partial charge in [0.25, 0.3) is 5.91 Å². The molecular formula is C20H21F4N5O2. The van der Waals surface area contributed by atoms with E-state index < -0.39 is 29.3 Å². The number of hydrogen-bond donors (Lipinski definition) is 0. The van der Waals surface area contributed by atoms with Crippen LogP contribution in [-0.2, 0) is 11.0 Å². The summed E-state index contributed by atoms with van der Waals surface area (Å²) in [5, 5.41) is 6.96. The second-order valence-corrected chi connectivity index (χ2v) is 7.77. The zero-order valence-corrected chi connectivity index (χ0v) is 16.6. The van der Waals surface area contributed by atoms with Gasteiger partial charge in [-0.15, -0.1) is 5.10 Å². The van der Waals surface area contributed by atoms with E-state index in [2.05, 4.69) is 10.3 Å². The Morgan fingerprint density at radius 1 is 1.00 bits per heavy atom. The van der Waals surface area contributed by atoms with Gasteiger partial charge in [-0.2, -0.15) is 13.2 Å². The minimum Gasteiger partial charge on any atom is -0.342 e. The molecule has 2 fully saturated rings. The topological polar surface area (TPSA) is 71.3 Å². The lowest BCUT2D eigenvalue weighted by Crippen LogP contribution is -2.44. The Hall–Kier alpha value is -2.98. The Bertz CT molecular complexity index is 976. The van der Waals surface area contributed by atoms with Crippen LogP contribution < -0.4 is 0 Å². The first kappa shape index (κ1) is 21.3. The number of piperidine rings is 1. The molecule has 0 unspecified atom stereocenters. The van der Waals surface area contributed by atoms with E-state index in [-0.39, 0.29) is 30.6 Å². The van der Waals surface area contributed by atoms with Crippen molar-refractivity contribution in [2.45, 2.75) is 31.9 Å². The highest BCUT2D eigenvalue weighted by molar-refractivity contribution is 5.94. The zero-order chi connectivity index (χ0) is 22.2. The van der Waals surface area contributed by atoms with Crippen LogP contribution in [-0.4, -0.2) is 62.8 Å². The van der Waals surface area contributed by atoms with Gasteiger partial charge in [0, 0.05) is 32.1 Å². The van der Waals surface area contributed by atoms with Crippen molar-refractivity contribution in [1.82, 2.24) is 24.8 Å². The highest BCUT2D eigenvalue weighted by Gasteiger charge is 2.43. The fourth-order valence-electron chi connectivity index (χ4n) is 4.14. The van der Waals surface area contributed by atoms with Crippen LogP contribution in [0.2, 0.25) is 0 Å². The van der Waals surface area contributed by atoms with Gasteiger partial charge in [0.2, 0.25) is 5.91 Å². The maximum Gasteiger partial charge on any atom is 0.435 e. The number of hydrogen-bond acceptors (Lipinski definition) is 4. The van der Waals surface area contributed by atoms with Crippen molar-refractivity contribution in [2.24, 2.45) is 5.92 Å². The molecule has 0 radical (unpaired) electrons. The Balaban J connectivity index is 1.53. The first-order valence-corrected chi connectivity index (χ1v) is 10.1.